The summed E-state index contributed by atoms with van der Waals surface area (Å²) in [6.45, 7) is 0.351. The van der Waals surface area contributed by atoms with E-state index in [1.165, 1.54) is 0 Å². The van der Waals surface area contributed by atoms with Gasteiger partial charge in [-0.15, -0.1) is 0 Å². The summed E-state index contributed by atoms with van der Waals surface area (Å²) in [6, 6.07) is 15.1. The highest BCUT2D eigenvalue weighted by molar-refractivity contribution is 6.07. The molecule has 7 heteroatoms. The van der Waals surface area contributed by atoms with E-state index in [9.17, 15) is 4.79 Å². The number of nitrogens with zero attached hydrogens (tertiary/aromatic N) is 3. The van der Waals surface area contributed by atoms with Crippen LogP contribution in [-0.2, 0) is 13.6 Å². The fourth-order valence-corrected chi connectivity index (χ4v) is 3.39. The first-order chi connectivity index (χ1) is 14.1. The molecule has 0 aliphatic rings. The van der Waals surface area contributed by atoms with Gasteiger partial charge in [-0.2, -0.15) is 0 Å². The van der Waals surface area contributed by atoms with Crippen LogP contribution in [0.4, 0.5) is 5.82 Å². The van der Waals surface area contributed by atoms with E-state index in [1.54, 1.807) is 25.7 Å². The van der Waals surface area contributed by atoms with Crippen LogP contribution in [0.5, 0.6) is 5.75 Å². The Bertz CT molecular complexity index is 1200. The monoisotopic (exact) mass is 387 g/mol. The summed E-state index contributed by atoms with van der Waals surface area (Å²) in [7, 11) is 3.50. The predicted octanol–water partition coefficient (Wildman–Crippen LogP) is 3.16. The van der Waals surface area contributed by atoms with Crippen LogP contribution in [0, 0.1) is 0 Å². The molecule has 0 unspecified atom stereocenters. The SMILES string of the molecule is COc1ccccc1-c1cc(C(=O)NCc2ccnc(N)c2)c2c(c1)ncn2C. The number of nitrogens with two attached hydrogens (primary N) is 1. The van der Waals surface area contributed by atoms with Crippen LogP contribution in [0.15, 0.2) is 61.1 Å². The zero-order valence-electron chi connectivity index (χ0n) is 16.2. The minimum absolute atomic E-state index is 0.189. The van der Waals surface area contributed by atoms with Gasteiger partial charge in [-0.25, -0.2) is 9.97 Å². The summed E-state index contributed by atoms with van der Waals surface area (Å²) in [6.07, 6.45) is 3.33. The summed E-state index contributed by atoms with van der Waals surface area (Å²) in [5, 5.41) is 2.96. The lowest BCUT2D eigenvalue weighted by atomic mass is 10.00. The molecule has 0 fully saturated rings. The Balaban J connectivity index is 1.74. The second-order valence-corrected chi connectivity index (χ2v) is 6.72. The van der Waals surface area contributed by atoms with Crippen LogP contribution in [0.1, 0.15) is 15.9 Å². The molecule has 4 rings (SSSR count). The quantitative estimate of drug-likeness (QED) is 0.548. The smallest absolute Gasteiger partial charge is 0.253 e. The molecule has 0 aliphatic carbocycles. The number of fused-ring (bicyclic) bond motifs is 1. The third kappa shape index (κ3) is 3.62. The minimum atomic E-state index is -0.189. The molecule has 4 aromatic rings. The molecule has 0 saturated carbocycles. The zero-order chi connectivity index (χ0) is 20.4. The molecular formula is C22H21N5O2. The van der Waals surface area contributed by atoms with Crippen LogP contribution in [0.2, 0.25) is 0 Å². The van der Waals surface area contributed by atoms with E-state index in [0.29, 0.717) is 17.9 Å². The van der Waals surface area contributed by atoms with Crippen LogP contribution >= 0.6 is 0 Å². The average Bonchev–Trinajstić information content (AvgIpc) is 3.12. The van der Waals surface area contributed by atoms with Gasteiger partial charge in [-0.1, -0.05) is 18.2 Å². The number of hydrogen-bond donors (Lipinski definition) is 2. The summed E-state index contributed by atoms with van der Waals surface area (Å²) in [4.78, 5) is 21.5. The number of pyridine rings is 1. The number of anilines is 1. The molecular weight excluding hydrogens is 366 g/mol. The molecule has 1 amide bonds. The van der Waals surface area contributed by atoms with Crippen molar-refractivity contribution in [1.82, 2.24) is 19.9 Å². The molecule has 146 valence electrons. The summed E-state index contributed by atoms with van der Waals surface area (Å²) >= 11 is 0. The average molecular weight is 387 g/mol. The van der Waals surface area contributed by atoms with E-state index in [4.69, 9.17) is 10.5 Å². The van der Waals surface area contributed by atoms with E-state index in [0.717, 1.165) is 33.5 Å². The number of benzene rings is 2. The largest absolute Gasteiger partial charge is 0.496 e. The summed E-state index contributed by atoms with van der Waals surface area (Å²) in [5.41, 5.74) is 10.4. The highest BCUT2D eigenvalue weighted by Gasteiger charge is 2.17. The summed E-state index contributed by atoms with van der Waals surface area (Å²) < 4.78 is 7.34. The number of rotatable bonds is 5. The van der Waals surface area contributed by atoms with Gasteiger partial charge in [-0.3, -0.25) is 4.79 Å². The Labute approximate surface area is 168 Å². The van der Waals surface area contributed by atoms with E-state index < -0.39 is 0 Å². The lowest BCUT2D eigenvalue weighted by molar-refractivity contribution is 0.0952. The zero-order valence-corrected chi connectivity index (χ0v) is 16.2. The van der Waals surface area contributed by atoms with Crippen molar-refractivity contribution in [1.29, 1.82) is 0 Å². The third-order valence-corrected chi connectivity index (χ3v) is 4.77. The Morgan fingerprint density at radius 2 is 2.00 bits per heavy atom. The maximum absolute atomic E-state index is 13.1. The van der Waals surface area contributed by atoms with Gasteiger partial charge in [0, 0.05) is 25.4 Å². The number of hydrogen-bond acceptors (Lipinski definition) is 5. The number of aryl methyl sites for hydroxylation is 1. The first-order valence-corrected chi connectivity index (χ1v) is 9.14. The number of amides is 1. The topological polar surface area (TPSA) is 95.1 Å². The lowest BCUT2D eigenvalue weighted by Crippen LogP contribution is -2.23. The van der Waals surface area contributed by atoms with Crippen molar-refractivity contribution < 1.29 is 9.53 Å². The maximum Gasteiger partial charge on any atom is 0.253 e. The molecule has 0 atom stereocenters. The van der Waals surface area contributed by atoms with Crippen molar-refractivity contribution in [3.63, 3.8) is 0 Å². The highest BCUT2D eigenvalue weighted by atomic mass is 16.5. The highest BCUT2D eigenvalue weighted by Crippen LogP contribution is 2.33. The Hall–Kier alpha value is -3.87. The third-order valence-electron chi connectivity index (χ3n) is 4.77. The normalized spacial score (nSPS) is 10.8. The Kier molecular flexibility index (Phi) is 4.87. The van der Waals surface area contributed by atoms with Gasteiger partial charge >= 0.3 is 0 Å². The first kappa shape index (κ1) is 18.5. The number of aromatic nitrogens is 3. The van der Waals surface area contributed by atoms with Gasteiger partial charge in [0.1, 0.15) is 11.6 Å². The van der Waals surface area contributed by atoms with Crippen molar-refractivity contribution in [2.45, 2.75) is 6.54 Å². The molecule has 29 heavy (non-hydrogen) atoms. The molecule has 2 aromatic heterocycles. The van der Waals surface area contributed by atoms with Gasteiger partial charge in [-0.05, 0) is 41.5 Å². The molecule has 3 N–H and O–H groups in total. The number of para-hydroxylation sites is 1. The van der Waals surface area contributed by atoms with Crippen LogP contribution in [0.25, 0.3) is 22.2 Å². The molecule has 0 spiro atoms. The number of nitrogens with one attached hydrogen (secondary N) is 1. The fraction of sp³-hybridized carbons (Fsp3) is 0.136. The molecule has 0 bridgehead atoms. The van der Waals surface area contributed by atoms with Crippen LogP contribution < -0.4 is 15.8 Å². The fourth-order valence-electron chi connectivity index (χ4n) is 3.39. The molecule has 2 aromatic carbocycles. The molecule has 0 aliphatic heterocycles. The van der Waals surface area contributed by atoms with E-state index in [-0.39, 0.29) is 5.91 Å². The van der Waals surface area contributed by atoms with Crippen molar-refractivity contribution in [3.8, 4) is 16.9 Å². The molecule has 0 radical (unpaired) electrons. The second kappa shape index (κ2) is 7.63. The van der Waals surface area contributed by atoms with Crippen molar-refractivity contribution in [2.75, 3.05) is 12.8 Å². The van der Waals surface area contributed by atoms with E-state index in [1.807, 2.05) is 54.1 Å². The standard InChI is InChI=1S/C22H21N5O2/c1-27-13-26-18-11-15(16-5-3-4-6-19(16)29-2)10-17(21(18)27)22(28)25-12-14-7-8-24-20(23)9-14/h3-11,13H,12H2,1-2H3,(H2,23,24)(H,25,28). The van der Waals surface area contributed by atoms with E-state index >= 15 is 0 Å². The molecule has 7 nitrogen and oxygen atoms in total. The van der Waals surface area contributed by atoms with Crippen LogP contribution in [-0.4, -0.2) is 27.6 Å². The predicted molar refractivity (Wildman–Crippen MR) is 113 cm³/mol. The molecule has 2 heterocycles. The van der Waals surface area contributed by atoms with Gasteiger partial charge in [0.15, 0.2) is 0 Å². The summed E-state index contributed by atoms with van der Waals surface area (Å²) in [5.74, 6) is 0.969. The first-order valence-electron chi connectivity index (χ1n) is 9.14. The van der Waals surface area contributed by atoms with E-state index in [2.05, 4.69) is 15.3 Å². The number of carbonyl (C=O) groups excluding carboxylic acids is 1. The van der Waals surface area contributed by atoms with Crippen molar-refractivity contribution in [2.24, 2.45) is 7.05 Å². The maximum atomic E-state index is 13.1. The number of carbonyl (C=O) groups is 1. The number of nitrogen functional groups attached to an aromatic ring is 1. The Morgan fingerprint density at radius 1 is 1.17 bits per heavy atom. The minimum Gasteiger partial charge on any atom is -0.496 e. The second-order valence-electron chi connectivity index (χ2n) is 6.72. The van der Waals surface area contributed by atoms with Gasteiger partial charge in [0.25, 0.3) is 5.91 Å². The number of imidazole rings is 1. The number of ether oxygens (including phenoxy) is 1. The Morgan fingerprint density at radius 3 is 2.79 bits per heavy atom. The van der Waals surface area contributed by atoms with Crippen molar-refractivity contribution >= 4 is 22.8 Å². The van der Waals surface area contributed by atoms with Crippen molar-refractivity contribution in [3.05, 3.63) is 72.2 Å². The van der Waals surface area contributed by atoms with Gasteiger partial charge < -0.3 is 20.4 Å². The molecule has 0 saturated heterocycles. The van der Waals surface area contributed by atoms with Crippen LogP contribution in [0.3, 0.4) is 0 Å². The lowest BCUT2D eigenvalue weighted by Gasteiger charge is -2.12. The number of methoxy groups -OCH3 is 1. The van der Waals surface area contributed by atoms with Gasteiger partial charge in [0.2, 0.25) is 0 Å². The van der Waals surface area contributed by atoms with Gasteiger partial charge in [0.05, 0.1) is 30.0 Å².